The molecule has 0 aromatic carbocycles. The Morgan fingerprint density at radius 2 is 1.05 bits per heavy atom. The first-order valence-electron chi connectivity index (χ1n) is 30.7. The van der Waals surface area contributed by atoms with Gasteiger partial charge in [-0.25, -0.2) is 0 Å². The van der Waals surface area contributed by atoms with Crippen molar-refractivity contribution in [2.45, 2.75) is 205 Å². The average molecular weight is 1230 g/mol. The maximum absolute atomic E-state index is 14.5. The van der Waals surface area contributed by atoms with Crippen molar-refractivity contribution in [2.75, 3.05) is 45.8 Å². The minimum Gasteiger partial charge on any atom is -0.469 e. The number of unbranched alkanes of at least 4 members (excludes halogenated alkanes) is 2. The van der Waals surface area contributed by atoms with E-state index in [4.69, 9.17) is 68.1 Å². The van der Waals surface area contributed by atoms with E-state index in [1.807, 2.05) is 27.7 Å². The largest absolute Gasteiger partial charge is 1.00 e. The van der Waals surface area contributed by atoms with Gasteiger partial charge < -0.3 is 68.6 Å². The Kier molecular flexibility index (Phi) is 16.4. The summed E-state index contributed by atoms with van der Waals surface area (Å²) in [6.07, 6.45) is 7.50. The number of Topliss-reactive ketones (excluding diaryl/α,β-unsaturated/α-hetero) is 2. The first-order valence-corrected chi connectivity index (χ1v) is 32.5. The number of ether oxygens (including phenoxy) is 10. The molecule has 18 atom stereocenters. The summed E-state index contributed by atoms with van der Waals surface area (Å²) in [7, 11) is -3.46. The summed E-state index contributed by atoms with van der Waals surface area (Å²) in [5.41, 5.74) is 21.2. The molecule has 16 rings (SSSR count). The van der Waals surface area contributed by atoms with Crippen LogP contribution in [0.3, 0.4) is 0 Å². The summed E-state index contributed by atoms with van der Waals surface area (Å²) in [5.74, 6) is -4.76. The molecule has 8 aliphatic carbocycles. The van der Waals surface area contributed by atoms with Crippen LogP contribution in [0.1, 0.15) is 145 Å². The number of aliphatic hydroxyl groups excluding tert-OH is 2. The molecular weight excluding hydrogens is 1140 g/mol. The van der Waals surface area contributed by atoms with Crippen LogP contribution in [-0.4, -0.2) is 136 Å². The van der Waals surface area contributed by atoms with Crippen molar-refractivity contribution in [1.29, 1.82) is 0 Å². The second-order valence-electron chi connectivity index (χ2n) is 28.9. The van der Waals surface area contributed by atoms with Gasteiger partial charge in [0.2, 0.25) is 11.6 Å². The molecule has 8 aliphatic heterocycles. The predicted octanol–water partition coefficient (Wildman–Crippen LogP) is 6.38. The summed E-state index contributed by atoms with van der Waals surface area (Å²) < 4.78 is 93.2. The van der Waals surface area contributed by atoms with Crippen LogP contribution in [0.2, 0.25) is 0 Å². The van der Waals surface area contributed by atoms with Crippen molar-refractivity contribution in [3.63, 3.8) is 0 Å². The van der Waals surface area contributed by atoms with E-state index in [1.54, 1.807) is 0 Å². The monoisotopic (exact) mass is 1230 g/mol. The molecule has 6 saturated heterocycles. The number of hydrogen-bond acceptors (Lipinski definition) is 18. The van der Waals surface area contributed by atoms with Crippen LogP contribution in [0, 0.1) is 68.0 Å². The third kappa shape index (κ3) is 8.79. The fourth-order valence-corrected chi connectivity index (χ4v) is 21.1. The molecule has 16 aliphatic rings. The zero-order valence-corrected chi connectivity index (χ0v) is 54.4. The zero-order valence-electron chi connectivity index (χ0n) is 51.6. The van der Waals surface area contributed by atoms with E-state index >= 15 is 0 Å². The number of aliphatic hydroxyl groups is 2. The van der Waals surface area contributed by atoms with Crippen molar-refractivity contribution < 1.29 is 109 Å². The van der Waals surface area contributed by atoms with Crippen LogP contribution in [0.25, 0.3) is 26.4 Å². The molecule has 86 heavy (non-hydrogen) atoms. The molecule has 2 N–H and O–H groups in total. The van der Waals surface area contributed by atoms with Gasteiger partial charge in [0.15, 0.2) is 35.7 Å². The van der Waals surface area contributed by atoms with E-state index in [2.05, 4.69) is 50.9 Å². The van der Waals surface area contributed by atoms with Crippen LogP contribution >= 0.6 is 0 Å². The second-order valence-corrected chi connectivity index (χ2v) is 30.6. The normalized spacial score (nSPS) is 44.5. The molecule has 8 heterocycles. The smallest absolute Gasteiger partial charge is 0.469 e. The van der Waals surface area contributed by atoms with E-state index in [0.29, 0.717) is 56.8 Å². The number of ketones is 2. The van der Waals surface area contributed by atoms with Crippen molar-refractivity contribution in [3.8, 4) is 0 Å². The van der Waals surface area contributed by atoms with Crippen molar-refractivity contribution in [2.24, 2.45) is 73.1 Å². The summed E-state index contributed by atoms with van der Waals surface area (Å²) >= 11 is 0. The molecule has 12 fully saturated rings. The summed E-state index contributed by atoms with van der Waals surface area (Å²) in [4.78, 5) is 33.2. The number of allylic oxidation sites excluding steroid dienone is 2. The number of carbonyl (C=O) groups is 2. The number of carbonyl (C=O) groups excluding carboxylic acids is 2. The van der Waals surface area contributed by atoms with E-state index in [-0.39, 0.29) is 101 Å². The van der Waals surface area contributed by atoms with Gasteiger partial charge in [-0.2, -0.15) is 8.42 Å². The second kappa shape index (κ2) is 21.8. The Morgan fingerprint density at radius 1 is 0.640 bits per heavy atom. The average Bonchev–Trinajstić information content (AvgIpc) is 1.16. The van der Waals surface area contributed by atoms with Crippen LogP contribution in [0.15, 0.2) is 52.1 Å². The topological polar surface area (TPSA) is 318 Å². The van der Waals surface area contributed by atoms with Crippen molar-refractivity contribution >= 4 is 21.7 Å². The Hall–Kier alpha value is -2.97. The van der Waals surface area contributed by atoms with E-state index in [9.17, 15) is 28.2 Å². The summed E-state index contributed by atoms with van der Waals surface area (Å²) in [5, 5.41) is 28.6. The maximum atomic E-state index is 14.5. The fourth-order valence-electron chi connectivity index (χ4n) is 20.7. The first kappa shape index (κ1) is 64.6. The van der Waals surface area contributed by atoms with Crippen LogP contribution in [0.5, 0.6) is 0 Å². The minimum atomic E-state index is -3.46. The van der Waals surface area contributed by atoms with Crippen molar-refractivity contribution in [3.05, 3.63) is 73.4 Å². The van der Waals surface area contributed by atoms with Crippen LogP contribution < -0.4 is 29.6 Å². The number of rotatable bonds is 13. The quantitative estimate of drug-likeness (QED) is 0.0384. The molecule has 0 aromatic rings. The molecule has 0 amide bonds. The molecule has 6 spiro atoms. The van der Waals surface area contributed by atoms with Gasteiger partial charge in [0, 0.05) is 48.0 Å². The molecule has 468 valence electrons. The minimum absolute atomic E-state index is 0. The van der Waals surface area contributed by atoms with Crippen LogP contribution in [0.4, 0.5) is 0 Å². The van der Waals surface area contributed by atoms with Gasteiger partial charge in [-0.05, 0) is 155 Å². The molecule has 6 saturated carbocycles. The summed E-state index contributed by atoms with van der Waals surface area (Å²) in [6.45, 7) is 26.8. The predicted molar refractivity (Wildman–Crippen MR) is 301 cm³/mol. The van der Waals surface area contributed by atoms with Gasteiger partial charge in [0.25, 0.3) is 10.1 Å². The number of fused-ring (bicyclic) bond motifs is 2. The maximum Gasteiger partial charge on any atom is 1.00 e. The van der Waals surface area contributed by atoms with Gasteiger partial charge in [0.05, 0.1) is 62.3 Å². The molecule has 23 nitrogen and oxygen atoms in total. The number of hydrogen-bond donors (Lipinski definition) is 2. The Bertz CT molecular complexity index is 3110. The summed E-state index contributed by atoms with van der Waals surface area (Å²) in [6, 6.07) is 0. The Labute approximate surface area is 525 Å². The molecule has 0 unspecified atom stereocenters. The van der Waals surface area contributed by atoms with E-state index in [1.165, 1.54) is 16.1 Å². The standard InChI is InChI=1S/C31H44O10S.C30H41N3O7.N3.Na/c1-17-19-10-11-20-29-16-37-31(30(20,23(17)32)26(19)40-28(4,5)41-31)24(33)22(29)27(2,3)15-18-9-12-21(39-25(18)29)36-13-7-8-14-38-42(6,34)35;1-16-18-9-10-19-28-15-37-30(29(19,22(16)34)25(18)39-27(4,5)40-30)23(35)21(28)26(2,3)14-17-8-11-20(38-24(17)28)36-13-7-6-12-32-33-31;1-3-2;/h19-22,24,26,33H,1,7-16H2,2-6H3;18-21,23,25,35H,1,6-15H2,2-5H3;;/q;;-1;+1/t19-,20-,21+,22+,24-,26+,29-,30-,31-;18-,19-,20+,21+,23-,25+,28-,29-,30-;;/m00../s1. The fraction of sp³-hybridized carbons (Fsp3) is 0.836. The Morgan fingerprint density at radius 3 is 1.45 bits per heavy atom. The number of nitrogens with zero attached hydrogens (tertiary/aromatic N) is 6. The Balaban J connectivity index is 0.000000169. The molecule has 8 bridgehead atoms. The SMILES string of the molecule is C=C1C(=O)[C@@]23[C@@H]4OC(C)(C)O[C@]25OC[C@]2(C6=C(CC[C@H](OCCCCN=[N+]=[N-])O6)CC(C)(C)[C@H]2[C@@H]5O)[C@@H]3CC[C@@H]14.C=C1C(=O)[C@@]23[C@@H]4OC(C)(C)O[C@]25OC[C@]2(C6=C(CC[C@H](OCCCCOS(C)(=O)=O)O6)CC(C)(C)[C@H]2[C@@H]5O)[C@@H]3CC[C@@H]14.[N-]=[N+]=[N-].[Na+]. The third-order valence-electron chi connectivity index (χ3n) is 22.6. The van der Waals surface area contributed by atoms with Gasteiger partial charge in [-0.15, -0.1) is 0 Å². The molecule has 0 radical (unpaired) electrons. The van der Waals surface area contributed by atoms with E-state index in [0.717, 1.165) is 88.4 Å². The zero-order chi connectivity index (χ0) is 61.1. The third-order valence-corrected chi connectivity index (χ3v) is 23.2. The number of azide groups is 1. The van der Waals surface area contributed by atoms with Gasteiger partial charge in [-0.1, -0.05) is 46.0 Å². The van der Waals surface area contributed by atoms with E-state index < -0.39 is 91.9 Å². The van der Waals surface area contributed by atoms with Gasteiger partial charge >= 0.3 is 29.6 Å². The van der Waals surface area contributed by atoms with Gasteiger partial charge in [-0.3, -0.25) is 18.7 Å². The van der Waals surface area contributed by atoms with Gasteiger partial charge in [0.1, 0.15) is 34.6 Å². The molecular formula is C61H85N6NaO17S. The molecule has 25 heteroatoms. The van der Waals surface area contributed by atoms with Crippen molar-refractivity contribution in [1.82, 2.24) is 0 Å². The first-order chi connectivity index (χ1) is 40.0. The molecule has 0 aromatic heterocycles. The van der Waals surface area contributed by atoms with Crippen LogP contribution in [-0.2, 0) is 71.3 Å².